The van der Waals surface area contributed by atoms with Crippen LogP contribution in [0.1, 0.15) is 24.6 Å². The zero-order valence-corrected chi connectivity index (χ0v) is 18.2. The molecular weight excluding hydrogens is 478 g/mol. The average Bonchev–Trinajstić information content (AvgIpc) is 2.72. The van der Waals surface area contributed by atoms with Crippen LogP contribution in [0.15, 0.2) is 21.7 Å². The highest BCUT2D eigenvalue weighted by Gasteiger charge is 2.36. The highest BCUT2D eigenvalue weighted by Crippen LogP contribution is 2.31. The number of benzene rings is 1. The number of alkyl halides is 3. The summed E-state index contributed by atoms with van der Waals surface area (Å²) < 4.78 is 63.5. The molecule has 0 fully saturated rings. The van der Waals surface area contributed by atoms with Crippen molar-refractivity contribution in [1.82, 2.24) is 14.9 Å². The highest BCUT2D eigenvalue weighted by atomic mass is 35.5. The van der Waals surface area contributed by atoms with E-state index in [2.05, 4.69) is 10.1 Å². The molecule has 9 nitrogen and oxygen atoms in total. The van der Waals surface area contributed by atoms with E-state index >= 15 is 0 Å². The second-order valence-electron chi connectivity index (χ2n) is 6.68. The maximum Gasteiger partial charge on any atom is 0.431 e. The summed E-state index contributed by atoms with van der Waals surface area (Å²) in [5, 5.41) is 2.06. The first-order valence-corrected chi connectivity index (χ1v) is 9.59. The number of rotatable bonds is 7. The summed E-state index contributed by atoms with van der Waals surface area (Å²) in [6.07, 6.45) is -6.33. The molecule has 14 heteroatoms. The number of nitrogens with one attached hydrogen (secondary N) is 2. The summed E-state index contributed by atoms with van der Waals surface area (Å²) in [7, 11) is 1.18. The van der Waals surface area contributed by atoms with E-state index in [4.69, 9.17) is 16.3 Å². The normalized spacial score (nSPS) is 12.2. The number of aromatic nitrogens is 2. The number of carbonyl (C=O) groups excluding carboxylic acids is 2. The van der Waals surface area contributed by atoms with Gasteiger partial charge in [-0.15, -0.1) is 0 Å². The second-order valence-corrected chi connectivity index (χ2v) is 7.09. The van der Waals surface area contributed by atoms with Gasteiger partial charge >= 0.3 is 17.8 Å². The van der Waals surface area contributed by atoms with Crippen molar-refractivity contribution in [1.29, 1.82) is 0 Å². The van der Waals surface area contributed by atoms with Crippen LogP contribution in [0, 0.1) is 12.7 Å². The van der Waals surface area contributed by atoms with Gasteiger partial charge in [0.2, 0.25) is 0 Å². The molecule has 180 valence electrons. The number of carbonyl (C=O) groups is 2. The van der Waals surface area contributed by atoms with E-state index in [0.29, 0.717) is 6.07 Å². The lowest BCUT2D eigenvalue weighted by Crippen LogP contribution is -2.39. The van der Waals surface area contributed by atoms with Gasteiger partial charge in [-0.1, -0.05) is 11.6 Å². The van der Waals surface area contributed by atoms with E-state index in [9.17, 15) is 36.7 Å². The standard InChI is InChI=1S/C19H18ClF4N3O6/c1-8-15(19(22,23)24)26-18(31)27(17(8)30)12-7-13(10(20)6-11(12)21)33-9(2)16(29)25-5-4-14(28)32-3/h6-7,9H,4-5H2,1-3H3,(H,25,29)(H,26,31). The van der Waals surface area contributed by atoms with Gasteiger partial charge in [0.05, 0.1) is 24.2 Å². The van der Waals surface area contributed by atoms with Gasteiger partial charge in [0.1, 0.15) is 17.3 Å². The van der Waals surface area contributed by atoms with Crippen molar-refractivity contribution in [2.24, 2.45) is 0 Å². The number of hydrogen-bond donors (Lipinski definition) is 2. The summed E-state index contributed by atoms with van der Waals surface area (Å²) >= 11 is 5.92. The van der Waals surface area contributed by atoms with Crippen molar-refractivity contribution in [2.45, 2.75) is 32.5 Å². The number of esters is 1. The maximum absolute atomic E-state index is 14.5. The Morgan fingerprint density at radius 3 is 2.48 bits per heavy atom. The molecule has 0 bridgehead atoms. The third-order valence-electron chi connectivity index (χ3n) is 4.39. The van der Waals surface area contributed by atoms with Gasteiger partial charge in [-0.2, -0.15) is 13.2 Å². The molecule has 0 saturated carbocycles. The van der Waals surface area contributed by atoms with Gasteiger partial charge in [-0.25, -0.2) is 13.8 Å². The largest absolute Gasteiger partial charge is 0.479 e. The number of aromatic amines is 1. The van der Waals surface area contributed by atoms with E-state index in [1.165, 1.54) is 19.0 Å². The van der Waals surface area contributed by atoms with E-state index < -0.39 is 58.2 Å². The molecule has 2 aromatic rings. The zero-order chi connectivity index (χ0) is 25.1. The quantitative estimate of drug-likeness (QED) is 0.448. The number of nitrogens with zero attached hydrogens (tertiary/aromatic N) is 1. The van der Waals surface area contributed by atoms with Crippen molar-refractivity contribution >= 4 is 23.5 Å². The molecule has 2 rings (SSSR count). The third-order valence-corrected chi connectivity index (χ3v) is 4.68. The predicted molar refractivity (Wildman–Crippen MR) is 107 cm³/mol. The van der Waals surface area contributed by atoms with Crippen molar-refractivity contribution in [2.75, 3.05) is 13.7 Å². The summed E-state index contributed by atoms with van der Waals surface area (Å²) in [4.78, 5) is 49.4. The molecule has 0 radical (unpaired) electrons. The summed E-state index contributed by atoms with van der Waals surface area (Å²) in [6.45, 7) is 2.06. The Balaban J connectivity index is 2.40. The second kappa shape index (κ2) is 10.1. The van der Waals surface area contributed by atoms with Crippen LogP contribution >= 0.6 is 11.6 Å². The Morgan fingerprint density at radius 2 is 1.91 bits per heavy atom. The molecule has 1 amide bonds. The molecular formula is C19H18ClF4N3O6. The lowest BCUT2D eigenvalue weighted by molar-refractivity contribution is -0.142. The number of ether oxygens (including phenoxy) is 2. The van der Waals surface area contributed by atoms with Crippen LogP contribution in [-0.4, -0.2) is 41.2 Å². The minimum atomic E-state index is -5.01. The molecule has 2 N–H and O–H groups in total. The van der Waals surface area contributed by atoms with Gasteiger partial charge < -0.3 is 19.8 Å². The molecule has 0 saturated heterocycles. The number of methoxy groups -OCH3 is 1. The molecule has 0 aliphatic heterocycles. The van der Waals surface area contributed by atoms with Crippen molar-refractivity contribution in [3.8, 4) is 11.4 Å². The van der Waals surface area contributed by atoms with Crippen molar-refractivity contribution in [3.63, 3.8) is 0 Å². The van der Waals surface area contributed by atoms with Crippen molar-refractivity contribution < 1.29 is 36.6 Å². The predicted octanol–water partition coefficient (Wildman–Crippen LogP) is 2.09. The van der Waals surface area contributed by atoms with Crippen LogP contribution in [0.5, 0.6) is 5.75 Å². The molecule has 1 heterocycles. The third kappa shape index (κ3) is 5.92. The molecule has 1 unspecified atom stereocenters. The molecule has 33 heavy (non-hydrogen) atoms. The first kappa shape index (κ1) is 25.9. The zero-order valence-electron chi connectivity index (χ0n) is 17.4. The van der Waals surface area contributed by atoms with Gasteiger partial charge in [0, 0.05) is 18.2 Å². The van der Waals surface area contributed by atoms with Gasteiger partial charge in [-0.05, 0) is 19.9 Å². The van der Waals surface area contributed by atoms with E-state index in [1.54, 1.807) is 0 Å². The van der Waals surface area contributed by atoms with E-state index in [1.807, 2.05) is 0 Å². The Labute approximate surface area is 188 Å². The highest BCUT2D eigenvalue weighted by molar-refractivity contribution is 6.32. The molecule has 1 aromatic heterocycles. The van der Waals surface area contributed by atoms with E-state index in [0.717, 1.165) is 13.0 Å². The molecule has 1 aromatic carbocycles. The van der Waals surface area contributed by atoms with Gasteiger partial charge in [0.25, 0.3) is 11.5 Å². The topological polar surface area (TPSA) is 119 Å². The smallest absolute Gasteiger partial charge is 0.431 e. The molecule has 0 aliphatic carbocycles. The van der Waals surface area contributed by atoms with Crippen LogP contribution in [0.4, 0.5) is 17.6 Å². The summed E-state index contributed by atoms with van der Waals surface area (Å²) in [5.41, 5.74) is -6.12. The van der Waals surface area contributed by atoms with Crippen LogP contribution in [0.25, 0.3) is 5.69 Å². The Kier molecular flexibility index (Phi) is 7.90. The van der Waals surface area contributed by atoms with Gasteiger partial charge in [-0.3, -0.25) is 14.4 Å². The number of hydrogen-bond acceptors (Lipinski definition) is 6. The number of amides is 1. The lowest BCUT2D eigenvalue weighted by Gasteiger charge is -2.17. The summed E-state index contributed by atoms with van der Waals surface area (Å²) in [6, 6.07) is 1.48. The molecule has 1 atom stereocenters. The number of halogens is 5. The Hall–Kier alpha value is -3.35. The molecule has 0 spiro atoms. The average molecular weight is 496 g/mol. The van der Waals surface area contributed by atoms with Gasteiger partial charge in [0.15, 0.2) is 6.10 Å². The minimum absolute atomic E-state index is 0.0583. The monoisotopic (exact) mass is 495 g/mol. The van der Waals surface area contributed by atoms with Crippen LogP contribution < -0.4 is 21.3 Å². The first-order chi connectivity index (χ1) is 15.3. The summed E-state index contributed by atoms with van der Waals surface area (Å²) in [5.74, 6) is -2.76. The van der Waals surface area contributed by atoms with Crippen LogP contribution in [0.3, 0.4) is 0 Å². The van der Waals surface area contributed by atoms with Crippen LogP contribution in [-0.2, 0) is 20.5 Å². The first-order valence-electron chi connectivity index (χ1n) is 9.21. The van der Waals surface area contributed by atoms with Crippen molar-refractivity contribution in [3.05, 3.63) is 55.1 Å². The fraction of sp³-hybridized carbons (Fsp3) is 0.368. The van der Waals surface area contributed by atoms with E-state index in [-0.39, 0.29) is 28.3 Å². The lowest BCUT2D eigenvalue weighted by atomic mass is 10.2. The minimum Gasteiger partial charge on any atom is -0.479 e. The maximum atomic E-state index is 14.5. The Bertz CT molecular complexity index is 1190. The molecule has 0 aliphatic rings. The fourth-order valence-corrected chi connectivity index (χ4v) is 2.88. The Morgan fingerprint density at radius 1 is 1.27 bits per heavy atom. The van der Waals surface area contributed by atoms with Crippen LogP contribution in [0.2, 0.25) is 5.02 Å². The SMILES string of the molecule is COC(=O)CCNC(=O)C(C)Oc1cc(-n2c(=O)[nH]c(C(F)(F)F)c(C)c2=O)c(F)cc1Cl. The number of H-pyrrole nitrogens is 1. The fourth-order valence-electron chi connectivity index (χ4n) is 2.68.